The summed E-state index contributed by atoms with van der Waals surface area (Å²) < 4.78 is 0. The van der Waals surface area contributed by atoms with Crippen molar-refractivity contribution < 1.29 is 39.5 Å². The van der Waals surface area contributed by atoms with Crippen LogP contribution in [0.4, 0.5) is 0 Å². The van der Waals surface area contributed by atoms with E-state index < -0.39 is 5.97 Å². The molecule has 0 aliphatic carbocycles. The molecule has 40 valence electrons. The zero-order valence-corrected chi connectivity index (χ0v) is 7.23. The summed E-state index contributed by atoms with van der Waals surface area (Å²) in [6, 6.07) is 0. The van der Waals surface area contributed by atoms with Gasteiger partial charge in [-0.2, -0.15) is 0 Å². The second kappa shape index (κ2) is 5.35. The van der Waals surface area contributed by atoms with Gasteiger partial charge >= 0.3 is 29.6 Å². The summed E-state index contributed by atoms with van der Waals surface area (Å²) in [5.74, 6) is -1.15. The summed E-state index contributed by atoms with van der Waals surface area (Å²) in [5.41, 5.74) is 0.153. The Morgan fingerprint density at radius 2 is 2.12 bits per heavy atom. The van der Waals surface area contributed by atoms with Gasteiger partial charge < -0.3 is 9.90 Å². The van der Waals surface area contributed by atoms with Gasteiger partial charge in [-0.3, -0.25) is 0 Å². The molecular weight excluding hydrogens is 115 g/mol. The summed E-state index contributed by atoms with van der Waals surface area (Å²) in [5, 5.41) is 9.72. The van der Waals surface area contributed by atoms with Crippen LogP contribution < -0.4 is 34.7 Å². The number of carbonyl (C=O) groups is 1. The first-order valence-corrected chi connectivity index (χ1v) is 2.07. The van der Waals surface area contributed by atoms with Crippen molar-refractivity contribution in [2.75, 3.05) is 0 Å². The Labute approximate surface area is 70.9 Å². The quantitative estimate of drug-likeness (QED) is 0.284. The van der Waals surface area contributed by atoms with Crippen LogP contribution in [0.1, 0.15) is 13.3 Å². The van der Waals surface area contributed by atoms with Gasteiger partial charge in [0.05, 0.1) is 5.97 Å². The van der Waals surface area contributed by atoms with E-state index in [9.17, 15) is 9.90 Å². The first-order chi connectivity index (χ1) is 3.18. The molecule has 0 saturated carbocycles. The maximum atomic E-state index is 9.72. The average molecular weight is 122 g/mol. The number of hydrogen-bond donors (Lipinski definition) is 0. The molecule has 0 aromatic carbocycles. The third kappa shape index (κ3) is 4.37. The van der Waals surface area contributed by atoms with Crippen LogP contribution in [0, 0.1) is 0 Å². The molecule has 0 rings (SSSR count). The Morgan fingerprint density at radius 3 is 2.12 bits per heavy atom. The summed E-state index contributed by atoms with van der Waals surface area (Å²) in [6.45, 7) is 4.93. The fraction of sp³-hybridized carbons (Fsp3) is 0.400. The van der Waals surface area contributed by atoms with Crippen LogP contribution in [0.3, 0.4) is 0 Å². The number of carboxylic acid groups (broad SMARTS) is 1. The average Bonchev–Trinajstić information content (AvgIpc) is 1.65. The second-order valence-electron chi connectivity index (χ2n) is 1.24. The number of hydrogen-bond acceptors (Lipinski definition) is 2. The molecule has 0 atom stereocenters. The van der Waals surface area contributed by atoms with Crippen LogP contribution in [0.5, 0.6) is 0 Å². The van der Waals surface area contributed by atoms with Gasteiger partial charge in [-0.1, -0.05) is 13.5 Å². The molecule has 0 unspecified atom stereocenters. The van der Waals surface area contributed by atoms with Crippen LogP contribution in [0.2, 0.25) is 0 Å². The van der Waals surface area contributed by atoms with Gasteiger partial charge in [0, 0.05) is 0 Å². The van der Waals surface area contributed by atoms with Crippen molar-refractivity contribution in [1.82, 2.24) is 0 Å². The molecule has 0 bridgehead atoms. The predicted molar refractivity (Wildman–Crippen MR) is 24.4 cm³/mol. The first-order valence-electron chi connectivity index (χ1n) is 2.07. The Balaban J connectivity index is 0. The molecule has 0 saturated heterocycles. The standard InChI is InChI=1S/C5H8O2.Na/c1-3-4(2)5(6)7;/h2-3H2,1H3,(H,6,7);/q;+1/p-1. The van der Waals surface area contributed by atoms with Crippen molar-refractivity contribution in [2.45, 2.75) is 13.3 Å². The molecule has 0 N–H and O–H groups in total. The Hall–Kier alpha value is 0.210. The van der Waals surface area contributed by atoms with Gasteiger partial charge in [-0.25, -0.2) is 0 Å². The normalized spacial score (nSPS) is 7.12. The van der Waals surface area contributed by atoms with Gasteiger partial charge in [0.1, 0.15) is 0 Å². The van der Waals surface area contributed by atoms with Gasteiger partial charge in [-0.15, -0.1) is 0 Å². The van der Waals surface area contributed by atoms with E-state index in [-0.39, 0.29) is 35.1 Å². The van der Waals surface area contributed by atoms with E-state index in [0.29, 0.717) is 6.42 Å². The van der Waals surface area contributed by atoms with E-state index >= 15 is 0 Å². The molecule has 0 amide bonds. The predicted octanol–water partition coefficient (Wildman–Crippen LogP) is -3.29. The summed E-state index contributed by atoms with van der Waals surface area (Å²) in [6.07, 6.45) is 0.461. The van der Waals surface area contributed by atoms with Crippen molar-refractivity contribution in [3.8, 4) is 0 Å². The molecule has 0 aromatic rings. The molecule has 0 heterocycles. The number of aliphatic carboxylic acids is 1. The van der Waals surface area contributed by atoms with Gasteiger partial charge in [0.2, 0.25) is 0 Å². The minimum atomic E-state index is -1.15. The minimum absolute atomic E-state index is 0. The zero-order valence-electron chi connectivity index (χ0n) is 5.23. The third-order valence-electron chi connectivity index (χ3n) is 0.715. The monoisotopic (exact) mass is 122 g/mol. The summed E-state index contributed by atoms with van der Waals surface area (Å²) in [7, 11) is 0. The van der Waals surface area contributed by atoms with E-state index in [4.69, 9.17) is 0 Å². The Kier molecular flexibility index (Phi) is 7.40. The fourth-order valence-electron chi connectivity index (χ4n) is 0.144. The molecule has 3 heteroatoms. The maximum Gasteiger partial charge on any atom is 1.00 e. The SMILES string of the molecule is C=C(CC)C(=O)[O-].[Na+]. The van der Waals surface area contributed by atoms with Crippen molar-refractivity contribution >= 4 is 5.97 Å². The van der Waals surface area contributed by atoms with E-state index in [1.807, 2.05) is 0 Å². The van der Waals surface area contributed by atoms with E-state index in [1.54, 1.807) is 6.92 Å². The number of carbonyl (C=O) groups excluding carboxylic acids is 1. The first kappa shape index (κ1) is 11.1. The second-order valence-corrected chi connectivity index (χ2v) is 1.24. The summed E-state index contributed by atoms with van der Waals surface area (Å²) >= 11 is 0. The molecule has 0 fully saturated rings. The van der Waals surface area contributed by atoms with Crippen molar-refractivity contribution in [3.63, 3.8) is 0 Å². The molecule has 8 heavy (non-hydrogen) atoms. The molecule has 0 aliphatic heterocycles. The van der Waals surface area contributed by atoms with Crippen LogP contribution >= 0.6 is 0 Å². The molecule has 2 nitrogen and oxygen atoms in total. The maximum absolute atomic E-state index is 9.72. The fourth-order valence-corrected chi connectivity index (χ4v) is 0.144. The Morgan fingerprint density at radius 1 is 1.75 bits per heavy atom. The molecule has 0 spiro atoms. The molecule has 0 aromatic heterocycles. The molecule has 0 radical (unpaired) electrons. The third-order valence-corrected chi connectivity index (χ3v) is 0.715. The van der Waals surface area contributed by atoms with Crippen molar-refractivity contribution in [1.29, 1.82) is 0 Å². The largest absolute Gasteiger partial charge is 1.00 e. The van der Waals surface area contributed by atoms with Crippen LogP contribution in [0.15, 0.2) is 12.2 Å². The van der Waals surface area contributed by atoms with E-state index in [2.05, 4.69) is 6.58 Å². The summed E-state index contributed by atoms with van der Waals surface area (Å²) in [4.78, 5) is 9.72. The smallest absolute Gasteiger partial charge is 0.545 e. The van der Waals surface area contributed by atoms with Crippen LogP contribution in [-0.2, 0) is 4.79 Å². The number of rotatable bonds is 2. The topological polar surface area (TPSA) is 40.1 Å². The zero-order chi connectivity index (χ0) is 5.86. The van der Waals surface area contributed by atoms with Crippen LogP contribution in [0.25, 0.3) is 0 Å². The van der Waals surface area contributed by atoms with E-state index in [1.165, 1.54) is 0 Å². The van der Waals surface area contributed by atoms with Crippen LogP contribution in [-0.4, -0.2) is 5.97 Å². The van der Waals surface area contributed by atoms with Gasteiger partial charge in [0.15, 0.2) is 0 Å². The number of carboxylic acids is 1. The van der Waals surface area contributed by atoms with Gasteiger partial charge in [0.25, 0.3) is 0 Å². The minimum Gasteiger partial charge on any atom is -0.545 e. The van der Waals surface area contributed by atoms with E-state index in [0.717, 1.165) is 0 Å². The Bertz CT molecular complexity index is 98.6. The molecular formula is C5H7NaO2. The van der Waals surface area contributed by atoms with Crippen molar-refractivity contribution in [3.05, 3.63) is 12.2 Å². The van der Waals surface area contributed by atoms with Gasteiger partial charge in [-0.05, 0) is 12.0 Å². The van der Waals surface area contributed by atoms with Crippen molar-refractivity contribution in [2.24, 2.45) is 0 Å². The molecule has 0 aliphatic rings.